The van der Waals surface area contributed by atoms with Gasteiger partial charge in [-0.15, -0.1) is 12.4 Å². The molecule has 0 radical (unpaired) electrons. The zero-order valence-corrected chi connectivity index (χ0v) is 15.3. The Labute approximate surface area is 157 Å². The Hall–Kier alpha value is -1.82. The molecule has 0 aromatic heterocycles. The van der Waals surface area contributed by atoms with Crippen molar-refractivity contribution in [1.82, 2.24) is 5.32 Å². The lowest BCUT2D eigenvalue weighted by Gasteiger charge is -2.19. The third-order valence-electron chi connectivity index (χ3n) is 4.06. The highest BCUT2D eigenvalue weighted by Gasteiger charge is 2.17. The zero-order valence-electron chi connectivity index (χ0n) is 13.7. The maximum atomic E-state index is 14.5. The largest absolute Gasteiger partial charge is 0.483 e. The number of amides is 1. The summed E-state index contributed by atoms with van der Waals surface area (Å²) in [6.45, 7) is 2.99. The van der Waals surface area contributed by atoms with E-state index in [9.17, 15) is 9.18 Å². The van der Waals surface area contributed by atoms with E-state index >= 15 is 0 Å². The summed E-state index contributed by atoms with van der Waals surface area (Å²) in [5.74, 6) is -0.238. The molecule has 3 rings (SSSR count). The van der Waals surface area contributed by atoms with E-state index in [1.807, 2.05) is 13.0 Å². The molecular formula is C18H19Cl2FN2O2. The van der Waals surface area contributed by atoms with Gasteiger partial charge < -0.3 is 15.4 Å². The quantitative estimate of drug-likeness (QED) is 0.840. The molecule has 25 heavy (non-hydrogen) atoms. The Bertz CT molecular complexity index is 784. The lowest BCUT2D eigenvalue weighted by atomic mass is 9.99. The summed E-state index contributed by atoms with van der Waals surface area (Å²) in [5.41, 5.74) is 2.55. The number of fused-ring (bicyclic) bond motifs is 1. The fraction of sp³-hybridized carbons (Fsp3) is 0.278. The Morgan fingerprint density at radius 1 is 1.36 bits per heavy atom. The second-order valence-electron chi connectivity index (χ2n) is 5.69. The third kappa shape index (κ3) is 4.42. The average molecular weight is 385 g/mol. The molecule has 1 heterocycles. The number of nitrogens with one attached hydrogen (secondary N) is 2. The fourth-order valence-electron chi connectivity index (χ4n) is 2.70. The first kappa shape index (κ1) is 19.5. The minimum absolute atomic E-state index is 0. The van der Waals surface area contributed by atoms with Crippen LogP contribution in [0.25, 0.3) is 0 Å². The van der Waals surface area contributed by atoms with Gasteiger partial charge in [-0.2, -0.15) is 0 Å². The Morgan fingerprint density at radius 3 is 2.96 bits per heavy atom. The van der Waals surface area contributed by atoms with E-state index in [1.54, 1.807) is 24.3 Å². The number of halogens is 3. The average Bonchev–Trinajstić information content (AvgIpc) is 2.59. The highest BCUT2D eigenvalue weighted by atomic mass is 35.5. The summed E-state index contributed by atoms with van der Waals surface area (Å²) in [4.78, 5) is 12.1. The van der Waals surface area contributed by atoms with Crippen molar-refractivity contribution in [2.75, 3.05) is 18.5 Å². The molecule has 1 aliphatic rings. The Balaban J connectivity index is 0.00000225. The minimum Gasteiger partial charge on any atom is -0.483 e. The predicted octanol–water partition coefficient (Wildman–Crippen LogP) is 3.87. The van der Waals surface area contributed by atoms with Gasteiger partial charge in [-0.3, -0.25) is 4.79 Å². The molecule has 1 amide bonds. The number of ether oxygens (including phenoxy) is 1. The molecule has 0 atom stereocenters. The third-order valence-corrected chi connectivity index (χ3v) is 4.47. The molecule has 2 aromatic rings. The number of benzene rings is 2. The number of carbonyl (C=O) groups excluding carboxylic acids is 1. The van der Waals surface area contributed by atoms with Gasteiger partial charge in [-0.05, 0) is 49.2 Å². The van der Waals surface area contributed by atoms with Crippen molar-refractivity contribution in [3.63, 3.8) is 0 Å². The highest BCUT2D eigenvalue weighted by Crippen LogP contribution is 2.26. The topological polar surface area (TPSA) is 50.4 Å². The van der Waals surface area contributed by atoms with E-state index in [-0.39, 0.29) is 30.5 Å². The first-order valence-corrected chi connectivity index (χ1v) is 8.13. The lowest BCUT2D eigenvalue weighted by molar-refractivity contribution is -0.118. The van der Waals surface area contributed by atoms with Crippen LogP contribution in [0.3, 0.4) is 0 Å². The van der Waals surface area contributed by atoms with Crippen LogP contribution in [0.15, 0.2) is 30.3 Å². The first-order chi connectivity index (χ1) is 11.6. The van der Waals surface area contributed by atoms with E-state index in [2.05, 4.69) is 10.6 Å². The molecule has 0 bridgehead atoms. The first-order valence-electron chi connectivity index (χ1n) is 7.75. The molecule has 1 aliphatic heterocycles. The van der Waals surface area contributed by atoms with Crippen molar-refractivity contribution in [2.45, 2.75) is 19.9 Å². The molecule has 7 heteroatoms. The van der Waals surface area contributed by atoms with Crippen LogP contribution in [0.2, 0.25) is 5.02 Å². The van der Waals surface area contributed by atoms with Gasteiger partial charge in [0.25, 0.3) is 5.91 Å². The summed E-state index contributed by atoms with van der Waals surface area (Å²) in [6.07, 6.45) is 0.614. The van der Waals surface area contributed by atoms with Crippen molar-refractivity contribution >= 4 is 35.6 Å². The van der Waals surface area contributed by atoms with Crippen LogP contribution in [0.5, 0.6) is 5.75 Å². The van der Waals surface area contributed by atoms with Crippen LogP contribution in [0.4, 0.5) is 10.1 Å². The fourth-order valence-corrected chi connectivity index (χ4v) is 2.87. The van der Waals surface area contributed by atoms with Gasteiger partial charge in [-0.1, -0.05) is 23.7 Å². The highest BCUT2D eigenvalue weighted by molar-refractivity contribution is 6.31. The van der Waals surface area contributed by atoms with Crippen LogP contribution in [0, 0.1) is 12.7 Å². The van der Waals surface area contributed by atoms with Gasteiger partial charge in [-0.25, -0.2) is 4.39 Å². The number of rotatable bonds is 4. The van der Waals surface area contributed by atoms with E-state index in [0.29, 0.717) is 29.3 Å². The number of hydrogen-bond donors (Lipinski definition) is 2. The minimum atomic E-state index is -0.415. The zero-order chi connectivity index (χ0) is 17.1. The molecule has 2 aromatic carbocycles. The SMILES string of the molecule is Cc1c(Cl)cccc1OCC(=O)Nc1ccc2c(c1F)CCNC2.Cl. The summed E-state index contributed by atoms with van der Waals surface area (Å²) in [7, 11) is 0. The van der Waals surface area contributed by atoms with E-state index < -0.39 is 5.91 Å². The Morgan fingerprint density at radius 2 is 2.16 bits per heavy atom. The van der Waals surface area contributed by atoms with Crippen molar-refractivity contribution in [2.24, 2.45) is 0 Å². The van der Waals surface area contributed by atoms with Gasteiger partial charge in [0, 0.05) is 17.1 Å². The van der Waals surface area contributed by atoms with Gasteiger partial charge >= 0.3 is 0 Å². The molecule has 2 N–H and O–H groups in total. The van der Waals surface area contributed by atoms with Crippen LogP contribution in [0.1, 0.15) is 16.7 Å². The van der Waals surface area contributed by atoms with E-state index in [0.717, 1.165) is 17.7 Å². The molecular weight excluding hydrogens is 366 g/mol. The van der Waals surface area contributed by atoms with E-state index in [1.165, 1.54) is 0 Å². The standard InChI is InChI=1S/C18H18ClFN2O2.ClH/c1-11-14(19)3-2-4-16(11)24-10-17(23)22-15-6-5-12-9-21-8-7-13(12)18(15)20;/h2-6,21H,7-10H2,1H3,(H,22,23);1H. The molecule has 0 saturated carbocycles. The molecule has 0 saturated heterocycles. The normalized spacial score (nSPS) is 12.8. The van der Waals surface area contributed by atoms with Crippen LogP contribution >= 0.6 is 24.0 Å². The van der Waals surface area contributed by atoms with Crippen LogP contribution in [-0.4, -0.2) is 19.1 Å². The number of carbonyl (C=O) groups is 1. The predicted molar refractivity (Wildman–Crippen MR) is 99.4 cm³/mol. The van der Waals surface area contributed by atoms with Gasteiger partial charge in [0.05, 0.1) is 5.69 Å². The van der Waals surface area contributed by atoms with Gasteiger partial charge in [0.15, 0.2) is 6.61 Å². The summed E-state index contributed by atoms with van der Waals surface area (Å²) < 4.78 is 20.0. The molecule has 0 spiro atoms. The molecule has 134 valence electrons. The maximum absolute atomic E-state index is 14.5. The van der Waals surface area contributed by atoms with Crippen molar-refractivity contribution < 1.29 is 13.9 Å². The molecule has 4 nitrogen and oxygen atoms in total. The van der Waals surface area contributed by atoms with Gasteiger partial charge in [0.1, 0.15) is 11.6 Å². The van der Waals surface area contributed by atoms with Crippen molar-refractivity contribution in [3.05, 3.63) is 57.9 Å². The summed E-state index contributed by atoms with van der Waals surface area (Å²) in [5, 5.41) is 6.34. The van der Waals surface area contributed by atoms with Crippen molar-refractivity contribution in [1.29, 1.82) is 0 Å². The molecule has 0 aliphatic carbocycles. The van der Waals surface area contributed by atoms with E-state index in [4.69, 9.17) is 16.3 Å². The van der Waals surface area contributed by atoms with Gasteiger partial charge in [0.2, 0.25) is 0 Å². The van der Waals surface area contributed by atoms with Crippen molar-refractivity contribution in [3.8, 4) is 5.75 Å². The second kappa shape index (κ2) is 8.52. The van der Waals surface area contributed by atoms with Crippen LogP contribution in [-0.2, 0) is 17.8 Å². The summed E-state index contributed by atoms with van der Waals surface area (Å²) in [6, 6.07) is 8.66. The number of hydrogen-bond acceptors (Lipinski definition) is 3. The molecule has 0 fully saturated rings. The molecule has 0 unspecified atom stereocenters. The maximum Gasteiger partial charge on any atom is 0.262 e. The lowest BCUT2D eigenvalue weighted by Crippen LogP contribution is -2.26. The Kier molecular flexibility index (Phi) is 6.64. The number of anilines is 1. The van der Waals surface area contributed by atoms with Crippen LogP contribution < -0.4 is 15.4 Å². The summed E-state index contributed by atoms with van der Waals surface area (Å²) >= 11 is 6.01. The second-order valence-corrected chi connectivity index (χ2v) is 6.10. The smallest absolute Gasteiger partial charge is 0.262 e. The monoisotopic (exact) mass is 384 g/mol.